The maximum Gasteiger partial charge on any atom is 0.337 e. The Balaban J connectivity index is 1.54. The van der Waals surface area contributed by atoms with E-state index in [-0.39, 0.29) is 23.6 Å². The summed E-state index contributed by atoms with van der Waals surface area (Å²) in [6.45, 7) is 4.86. The Morgan fingerprint density at radius 1 is 1.00 bits per heavy atom. The van der Waals surface area contributed by atoms with Crippen LogP contribution in [0.15, 0.2) is 85.1 Å². The van der Waals surface area contributed by atoms with Crippen LogP contribution in [0.4, 0.5) is 4.39 Å². The van der Waals surface area contributed by atoms with E-state index in [4.69, 9.17) is 18.9 Å². The lowest BCUT2D eigenvalue weighted by Crippen LogP contribution is -2.39. The minimum absolute atomic E-state index is 0.214. The molecule has 0 spiro atoms. The van der Waals surface area contributed by atoms with Crippen molar-refractivity contribution in [3.8, 4) is 17.2 Å². The molecule has 4 aromatic rings. The Kier molecular flexibility index (Phi) is 10.0. The number of rotatable bonds is 10. The average molecular weight is 746 g/mol. The second-order valence-corrected chi connectivity index (χ2v) is 12.2. The number of esters is 1. The topological polar surface area (TPSA) is 88.4 Å². The Hall–Kier alpha value is -3.74. The molecule has 0 saturated heterocycles. The molecule has 12 heteroatoms. The van der Waals surface area contributed by atoms with Crippen molar-refractivity contribution in [1.82, 2.24) is 4.57 Å². The fourth-order valence-electron chi connectivity index (χ4n) is 4.68. The number of fused-ring (bicyclic) bond motifs is 1. The molecule has 1 atom stereocenters. The maximum absolute atomic E-state index is 13.9. The van der Waals surface area contributed by atoms with Crippen molar-refractivity contribution in [2.45, 2.75) is 26.5 Å². The van der Waals surface area contributed by atoms with E-state index >= 15 is 0 Å². The van der Waals surface area contributed by atoms with Gasteiger partial charge in [0.1, 0.15) is 18.2 Å². The van der Waals surface area contributed by atoms with Gasteiger partial charge >= 0.3 is 5.97 Å². The van der Waals surface area contributed by atoms with Gasteiger partial charge in [-0.2, -0.15) is 0 Å². The van der Waals surface area contributed by atoms with E-state index in [1.807, 2.05) is 26.0 Å². The third kappa shape index (κ3) is 6.67. The highest BCUT2D eigenvalue weighted by atomic mass is 79.9. The summed E-state index contributed by atoms with van der Waals surface area (Å²) in [5.41, 5.74) is 2.09. The van der Waals surface area contributed by atoms with Gasteiger partial charge < -0.3 is 18.9 Å². The lowest BCUT2D eigenvalue weighted by molar-refractivity contribution is -0.136. The second-order valence-electron chi connectivity index (χ2n) is 9.48. The number of hydrogen-bond donors (Lipinski definition) is 0. The fraction of sp³-hybridized carbons (Fsp3) is 0.219. The molecule has 0 unspecified atom stereocenters. The zero-order chi connectivity index (χ0) is 31.4. The van der Waals surface area contributed by atoms with Gasteiger partial charge in [0.25, 0.3) is 5.56 Å². The Morgan fingerprint density at radius 3 is 2.34 bits per heavy atom. The molecular weight excluding hydrogens is 719 g/mol. The largest absolute Gasteiger partial charge is 0.490 e. The van der Waals surface area contributed by atoms with Gasteiger partial charge in [0.15, 0.2) is 16.3 Å². The number of methoxy groups -OCH3 is 1. The van der Waals surface area contributed by atoms with Crippen molar-refractivity contribution in [1.29, 1.82) is 0 Å². The second kappa shape index (κ2) is 13.9. The first-order valence-electron chi connectivity index (χ1n) is 13.6. The van der Waals surface area contributed by atoms with Crippen LogP contribution in [-0.4, -0.2) is 30.9 Å². The molecule has 3 aromatic carbocycles. The molecule has 228 valence electrons. The number of carbonyl (C=O) groups excluding carboxylic acids is 1. The number of benzene rings is 3. The first-order valence-corrected chi connectivity index (χ1v) is 16.0. The lowest BCUT2D eigenvalue weighted by Gasteiger charge is -2.23. The third-order valence-corrected chi connectivity index (χ3v) is 8.80. The fourth-order valence-corrected chi connectivity index (χ4v) is 7.10. The van der Waals surface area contributed by atoms with Crippen LogP contribution < -0.4 is 29.1 Å². The van der Waals surface area contributed by atoms with Gasteiger partial charge in [-0.3, -0.25) is 9.36 Å². The first kappa shape index (κ1) is 31.7. The summed E-state index contributed by atoms with van der Waals surface area (Å²) in [7, 11) is 1.29. The summed E-state index contributed by atoms with van der Waals surface area (Å²) < 4.78 is 39.0. The van der Waals surface area contributed by atoms with Crippen molar-refractivity contribution in [3.05, 3.63) is 118 Å². The van der Waals surface area contributed by atoms with Crippen LogP contribution in [0.5, 0.6) is 17.2 Å². The van der Waals surface area contributed by atoms with E-state index in [0.717, 1.165) is 11.1 Å². The maximum atomic E-state index is 13.9. The molecule has 0 bridgehead atoms. The molecule has 0 radical (unpaired) electrons. The van der Waals surface area contributed by atoms with Crippen molar-refractivity contribution in [3.63, 3.8) is 0 Å². The minimum Gasteiger partial charge on any atom is -0.490 e. The Bertz CT molecular complexity index is 1900. The predicted octanol–water partition coefficient (Wildman–Crippen LogP) is 6.06. The van der Waals surface area contributed by atoms with Crippen LogP contribution in [0.25, 0.3) is 6.08 Å². The van der Waals surface area contributed by atoms with Gasteiger partial charge in [0.2, 0.25) is 0 Å². The number of nitrogens with zero attached hydrogens (tertiary/aromatic N) is 2. The Morgan fingerprint density at radius 2 is 1.68 bits per heavy atom. The SMILES string of the molecule is CCOc1ccc([C@@H]2C(C(=O)OC)=CN=c3s/c(=C\c4cc(Br)c(OCc5ccc(F)cc5)c(Br)c4)c(=O)n32)cc1OCC. The summed E-state index contributed by atoms with van der Waals surface area (Å²) in [6, 6.07) is 14.3. The molecule has 0 saturated carbocycles. The zero-order valence-electron chi connectivity index (χ0n) is 23.9. The summed E-state index contributed by atoms with van der Waals surface area (Å²) in [4.78, 5) is 31.7. The number of aromatic nitrogens is 1. The van der Waals surface area contributed by atoms with Gasteiger partial charge in [-0.05, 0) is 105 Å². The van der Waals surface area contributed by atoms with E-state index in [0.29, 0.717) is 54.3 Å². The third-order valence-electron chi connectivity index (χ3n) is 6.62. The van der Waals surface area contributed by atoms with Crippen LogP contribution in [0.1, 0.15) is 36.6 Å². The molecule has 2 heterocycles. The van der Waals surface area contributed by atoms with Gasteiger partial charge in [-0.15, -0.1) is 0 Å². The highest BCUT2D eigenvalue weighted by Crippen LogP contribution is 2.37. The number of carbonyl (C=O) groups is 1. The van der Waals surface area contributed by atoms with Crippen molar-refractivity contribution in [2.75, 3.05) is 20.3 Å². The molecule has 0 amide bonds. The summed E-state index contributed by atoms with van der Waals surface area (Å²) in [5, 5.41) is 0. The molecule has 8 nitrogen and oxygen atoms in total. The molecule has 1 aromatic heterocycles. The van der Waals surface area contributed by atoms with Crippen LogP contribution >= 0.6 is 43.2 Å². The van der Waals surface area contributed by atoms with E-state index in [1.165, 1.54) is 41.3 Å². The molecule has 44 heavy (non-hydrogen) atoms. The zero-order valence-corrected chi connectivity index (χ0v) is 27.9. The van der Waals surface area contributed by atoms with E-state index in [9.17, 15) is 14.0 Å². The van der Waals surface area contributed by atoms with E-state index in [1.54, 1.807) is 36.4 Å². The standard InChI is InChI=1S/C32H27Br2FN2O6S/c1-4-41-25-11-8-20(15-26(25)42-5-2)28-22(31(39)40-3)16-36-32-37(28)30(38)27(44-32)14-19-12-23(33)29(24(34)13-19)43-17-18-6-9-21(35)10-7-18/h6-16,28H,4-5,17H2,1-3H3/b27-14-/t28-/m1/s1. The van der Waals surface area contributed by atoms with Gasteiger partial charge in [-0.25, -0.2) is 14.2 Å². The lowest BCUT2D eigenvalue weighted by atomic mass is 9.97. The molecular formula is C32H27Br2FN2O6S. The number of halogens is 3. The van der Waals surface area contributed by atoms with Crippen LogP contribution in [0.2, 0.25) is 0 Å². The van der Waals surface area contributed by atoms with Crippen molar-refractivity contribution >= 4 is 55.2 Å². The smallest absolute Gasteiger partial charge is 0.337 e. The Labute approximate surface area is 273 Å². The van der Waals surface area contributed by atoms with Crippen LogP contribution in [-0.2, 0) is 16.1 Å². The van der Waals surface area contributed by atoms with Gasteiger partial charge in [0.05, 0.1) is 45.4 Å². The average Bonchev–Trinajstić information content (AvgIpc) is 3.32. The van der Waals surface area contributed by atoms with Crippen LogP contribution in [0, 0.1) is 5.82 Å². The summed E-state index contributed by atoms with van der Waals surface area (Å²) in [6.07, 6.45) is 3.20. The molecule has 0 fully saturated rings. The van der Waals surface area contributed by atoms with Crippen LogP contribution in [0.3, 0.4) is 0 Å². The number of hydrogen-bond acceptors (Lipinski definition) is 8. The molecule has 1 aliphatic rings. The monoisotopic (exact) mass is 744 g/mol. The minimum atomic E-state index is -0.795. The van der Waals surface area contributed by atoms with Crippen molar-refractivity contribution in [2.24, 2.45) is 4.99 Å². The van der Waals surface area contributed by atoms with Gasteiger partial charge in [-0.1, -0.05) is 29.5 Å². The molecule has 0 N–H and O–H groups in total. The van der Waals surface area contributed by atoms with E-state index < -0.39 is 12.0 Å². The van der Waals surface area contributed by atoms with Crippen molar-refractivity contribution < 1.29 is 28.1 Å². The highest BCUT2D eigenvalue weighted by molar-refractivity contribution is 9.11. The molecule has 5 rings (SSSR count). The number of thiazole rings is 1. The quantitative estimate of drug-likeness (QED) is 0.184. The highest BCUT2D eigenvalue weighted by Gasteiger charge is 2.31. The van der Waals surface area contributed by atoms with Gasteiger partial charge in [0, 0.05) is 6.20 Å². The summed E-state index contributed by atoms with van der Waals surface area (Å²) in [5.74, 6) is 0.732. The molecule has 0 aliphatic carbocycles. The number of ether oxygens (including phenoxy) is 4. The summed E-state index contributed by atoms with van der Waals surface area (Å²) >= 11 is 8.34. The predicted molar refractivity (Wildman–Crippen MR) is 173 cm³/mol. The molecule has 1 aliphatic heterocycles. The first-order chi connectivity index (χ1) is 21.2. The normalized spacial score (nSPS) is 14.4. The van der Waals surface area contributed by atoms with E-state index in [2.05, 4.69) is 36.9 Å².